The molecule has 0 fully saturated rings. The van der Waals surface area contributed by atoms with Crippen LogP contribution in [-0.2, 0) is 13.1 Å². The Morgan fingerprint density at radius 3 is 2.64 bits per heavy atom. The lowest BCUT2D eigenvalue weighted by Gasteiger charge is -2.12. The third-order valence-electron chi connectivity index (χ3n) is 3.41. The van der Waals surface area contributed by atoms with E-state index < -0.39 is 0 Å². The van der Waals surface area contributed by atoms with E-state index in [0.29, 0.717) is 6.54 Å². The molecule has 0 spiro atoms. The molecule has 0 unspecified atom stereocenters. The number of aryl methyl sites for hydroxylation is 1. The molecule has 0 aliphatic heterocycles. The summed E-state index contributed by atoms with van der Waals surface area (Å²) in [5.74, 6) is 3.47. The predicted molar refractivity (Wildman–Crippen MR) is 87.4 cm³/mol. The van der Waals surface area contributed by atoms with E-state index in [0.717, 1.165) is 54.6 Å². The zero-order valence-corrected chi connectivity index (χ0v) is 13.6. The molecule has 0 aliphatic carbocycles. The Morgan fingerprint density at radius 1 is 1.09 bits per heavy atom. The van der Waals surface area contributed by atoms with Crippen molar-refractivity contribution in [2.75, 3.05) is 13.7 Å². The Morgan fingerprint density at radius 2 is 1.95 bits per heavy atom. The lowest BCUT2D eigenvalue weighted by Crippen LogP contribution is -2.12. The maximum absolute atomic E-state index is 5.74. The molecule has 1 aromatic heterocycles. The molecule has 22 heavy (non-hydrogen) atoms. The van der Waals surface area contributed by atoms with Gasteiger partial charge in [0, 0.05) is 6.54 Å². The van der Waals surface area contributed by atoms with E-state index in [1.54, 1.807) is 7.11 Å². The summed E-state index contributed by atoms with van der Waals surface area (Å²) in [5.41, 5.74) is 1.16. The van der Waals surface area contributed by atoms with Crippen LogP contribution in [0.25, 0.3) is 0 Å². The molecule has 4 heteroatoms. The van der Waals surface area contributed by atoms with Gasteiger partial charge in [-0.1, -0.05) is 19.4 Å². The van der Waals surface area contributed by atoms with E-state index >= 15 is 0 Å². The van der Waals surface area contributed by atoms with Crippen LogP contribution in [0.2, 0.25) is 0 Å². The number of methoxy groups -OCH3 is 1. The molecule has 1 heterocycles. The van der Waals surface area contributed by atoms with E-state index in [1.165, 1.54) is 0 Å². The van der Waals surface area contributed by atoms with Crippen molar-refractivity contribution in [2.45, 2.75) is 39.8 Å². The van der Waals surface area contributed by atoms with E-state index in [9.17, 15) is 0 Å². The van der Waals surface area contributed by atoms with Gasteiger partial charge in [0.25, 0.3) is 0 Å². The summed E-state index contributed by atoms with van der Waals surface area (Å²) in [6.45, 7) is 6.29. The molecule has 0 amide bonds. The van der Waals surface area contributed by atoms with Gasteiger partial charge in [0.05, 0.1) is 20.3 Å². The third kappa shape index (κ3) is 4.81. The van der Waals surface area contributed by atoms with Gasteiger partial charge in [-0.25, -0.2) is 0 Å². The highest BCUT2D eigenvalue weighted by Gasteiger charge is 2.06. The third-order valence-corrected chi connectivity index (χ3v) is 3.41. The zero-order chi connectivity index (χ0) is 15.8. The zero-order valence-electron chi connectivity index (χ0n) is 13.6. The molecule has 2 aromatic rings. The highest BCUT2D eigenvalue weighted by molar-refractivity contribution is 5.42. The van der Waals surface area contributed by atoms with Gasteiger partial charge in [-0.05, 0) is 43.2 Å². The molecule has 2 rings (SSSR count). The minimum atomic E-state index is 0.713. The Hall–Kier alpha value is -1.94. The number of hydrogen-bond acceptors (Lipinski definition) is 4. The topological polar surface area (TPSA) is 43.6 Å². The molecule has 0 atom stereocenters. The number of hydrogen-bond donors (Lipinski definition) is 1. The quantitative estimate of drug-likeness (QED) is 0.709. The minimum absolute atomic E-state index is 0.713. The van der Waals surface area contributed by atoms with Crippen molar-refractivity contribution < 1.29 is 13.9 Å². The minimum Gasteiger partial charge on any atom is -0.493 e. The summed E-state index contributed by atoms with van der Waals surface area (Å²) < 4.78 is 16.7. The highest BCUT2D eigenvalue weighted by Crippen LogP contribution is 2.28. The molecule has 0 radical (unpaired) electrons. The van der Waals surface area contributed by atoms with Gasteiger partial charge in [-0.2, -0.15) is 0 Å². The Kier molecular flexibility index (Phi) is 6.34. The first-order valence-corrected chi connectivity index (χ1v) is 7.78. The van der Waals surface area contributed by atoms with Crippen LogP contribution >= 0.6 is 0 Å². The van der Waals surface area contributed by atoms with Crippen LogP contribution in [0.4, 0.5) is 0 Å². The maximum atomic E-state index is 5.74. The Balaban J connectivity index is 1.88. The maximum Gasteiger partial charge on any atom is 0.161 e. The van der Waals surface area contributed by atoms with Crippen LogP contribution < -0.4 is 14.8 Å². The second-order valence-electron chi connectivity index (χ2n) is 5.30. The van der Waals surface area contributed by atoms with Crippen LogP contribution in [0.5, 0.6) is 11.5 Å². The van der Waals surface area contributed by atoms with Gasteiger partial charge in [0.2, 0.25) is 0 Å². The number of rotatable bonds is 9. The summed E-state index contributed by atoms with van der Waals surface area (Å²) in [6, 6.07) is 10.0. The average Bonchev–Trinajstić information content (AvgIpc) is 2.94. The molecular weight excluding hydrogens is 278 g/mol. The fraction of sp³-hybridized carbons (Fsp3) is 0.444. The first-order valence-electron chi connectivity index (χ1n) is 7.78. The van der Waals surface area contributed by atoms with Crippen LogP contribution in [0, 0.1) is 6.92 Å². The van der Waals surface area contributed by atoms with Crippen LogP contribution in [0.3, 0.4) is 0 Å². The van der Waals surface area contributed by atoms with E-state index in [-0.39, 0.29) is 0 Å². The molecule has 120 valence electrons. The molecule has 4 nitrogen and oxygen atoms in total. The van der Waals surface area contributed by atoms with Crippen LogP contribution in [0.1, 0.15) is 36.8 Å². The molecule has 0 bridgehead atoms. The summed E-state index contributed by atoms with van der Waals surface area (Å²) in [6.07, 6.45) is 2.17. The number of furan rings is 1. The van der Waals surface area contributed by atoms with E-state index in [1.807, 2.05) is 31.2 Å². The van der Waals surface area contributed by atoms with Crippen molar-refractivity contribution in [2.24, 2.45) is 0 Å². The Labute approximate surface area is 132 Å². The van der Waals surface area contributed by atoms with Crippen molar-refractivity contribution >= 4 is 0 Å². The standard InChI is InChI=1S/C18H25NO3/c1-4-5-10-21-17-9-7-15(11-18(17)20-3)12-19-13-16-8-6-14(2)22-16/h6-9,11,19H,4-5,10,12-13H2,1-3H3. The summed E-state index contributed by atoms with van der Waals surface area (Å²) >= 11 is 0. The smallest absolute Gasteiger partial charge is 0.161 e. The molecule has 0 aliphatic rings. The largest absolute Gasteiger partial charge is 0.493 e. The second kappa shape index (κ2) is 8.49. The van der Waals surface area contributed by atoms with Gasteiger partial charge in [-0.3, -0.25) is 0 Å². The van der Waals surface area contributed by atoms with Crippen molar-refractivity contribution in [3.8, 4) is 11.5 Å². The molecule has 1 aromatic carbocycles. The highest BCUT2D eigenvalue weighted by atomic mass is 16.5. The first kappa shape index (κ1) is 16.4. The number of benzene rings is 1. The van der Waals surface area contributed by atoms with Crippen molar-refractivity contribution in [3.63, 3.8) is 0 Å². The second-order valence-corrected chi connectivity index (χ2v) is 5.30. The first-order chi connectivity index (χ1) is 10.7. The Bertz CT molecular complexity index is 577. The monoisotopic (exact) mass is 303 g/mol. The lowest BCUT2D eigenvalue weighted by molar-refractivity contribution is 0.288. The average molecular weight is 303 g/mol. The van der Waals surface area contributed by atoms with Crippen LogP contribution in [0.15, 0.2) is 34.7 Å². The van der Waals surface area contributed by atoms with Crippen molar-refractivity contribution in [3.05, 3.63) is 47.4 Å². The van der Waals surface area contributed by atoms with Gasteiger partial charge in [-0.15, -0.1) is 0 Å². The molecular formula is C18H25NO3. The van der Waals surface area contributed by atoms with Gasteiger partial charge in [0.1, 0.15) is 11.5 Å². The SMILES string of the molecule is CCCCOc1ccc(CNCc2ccc(C)o2)cc1OC. The van der Waals surface area contributed by atoms with Gasteiger partial charge >= 0.3 is 0 Å². The van der Waals surface area contributed by atoms with Gasteiger partial charge in [0.15, 0.2) is 11.5 Å². The van der Waals surface area contributed by atoms with E-state index in [2.05, 4.69) is 18.3 Å². The van der Waals surface area contributed by atoms with Crippen molar-refractivity contribution in [1.29, 1.82) is 0 Å². The number of unbranched alkanes of at least 4 members (excludes halogenated alkanes) is 1. The summed E-state index contributed by atoms with van der Waals surface area (Å²) in [7, 11) is 1.67. The number of ether oxygens (including phenoxy) is 2. The summed E-state index contributed by atoms with van der Waals surface area (Å²) in [4.78, 5) is 0. The number of nitrogens with one attached hydrogen (secondary N) is 1. The summed E-state index contributed by atoms with van der Waals surface area (Å²) in [5, 5.41) is 3.36. The fourth-order valence-electron chi connectivity index (χ4n) is 2.18. The predicted octanol–water partition coefficient (Wildman–Crippen LogP) is 4.07. The van der Waals surface area contributed by atoms with E-state index in [4.69, 9.17) is 13.9 Å². The van der Waals surface area contributed by atoms with Crippen molar-refractivity contribution in [1.82, 2.24) is 5.32 Å². The molecule has 0 saturated carbocycles. The normalized spacial score (nSPS) is 10.7. The molecule has 1 N–H and O–H groups in total. The fourth-order valence-corrected chi connectivity index (χ4v) is 2.18. The van der Waals surface area contributed by atoms with Gasteiger partial charge < -0.3 is 19.2 Å². The molecule has 0 saturated heterocycles. The lowest BCUT2D eigenvalue weighted by atomic mass is 10.2. The van der Waals surface area contributed by atoms with Crippen LogP contribution in [-0.4, -0.2) is 13.7 Å².